The number of rotatable bonds is 3. The number of aromatic nitrogens is 2. The van der Waals surface area contributed by atoms with Gasteiger partial charge in [-0.25, -0.2) is 9.97 Å². The van der Waals surface area contributed by atoms with Crippen molar-refractivity contribution in [1.29, 1.82) is 0 Å². The Balaban J connectivity index is 2.16. The largest absolute Gasteiger partial charge is 0.396 e. The van der Waals surface area contributed by atoms with Gasteiger partial charge in [-0.15, -0.1) is 0 Å². The van der Waals surface area contributed by atoms with Crippen molar-refractivity contribution in [3.63, 3.8) is 0 Å². The van der Waals surface area contributed by atoms with Crippen molar-refractivity contribution in [3.8, 4) is 0 Å². The van der Waals surface area contributed by atoms with E-state index >= 15 is 0 Å². The molecule has 6 nitrogen and oxygen atoms in total. The highest BCUT2D eigenvalue weighted by Crippen LogP contribution is 2.34. The molecule has 0 saturated carbocycles. The van der Waals surface area contributed by atoms with Gasteiger partial charge in [0.15, 0.2) is 5.82 Å². The van der Waals surface area contributed by atoms with E-state index in [4.69, 9.17) is 5.11 Å². The van der Waals surface area contributed by atoms with Gasteiger partial charge < -0.3 is 15.3 Å². The standard InChI is InChI=1S/C15H16N4O2/c1-2-19-13-11(8-10(5-7-20)9-17-13)15(21)18-12-4-3-6-16-14(12)19/h3-4,6,8-9,20H,2,5,7H2,1H3,(H,18,21). The van der Waals surface area contributed by atoms with Gasteiger partial charge in [0.1, 0.15) is 5.82 Å². The minimum absolute atomic E-state index is 0.0291. The minimum Gasteiger partial charge on any atom is -0.396 e. The number of hydrogen-bond donors (Lipinski definition) is 2. The molecular weight excluding hydrogens is 268 g/mol. The molecule has 0 radical (unpaired) electrons. The Bertz CT molecular complexity index is 687. The quantitative estimate of drug-likeness (QED) is 0.897. The first-order chi connectivity index (χ1) is 10.2. The highest BCUT2D eigenvalue weighted by molar-refractivity contribution is 6.11. The molecule has 6 heteroatoms. The molecule has 21 heavy (non-hydrogen) atoms. The Morgan fingerprint density at radius 1 is 1.33 bits per heavy atom. The van der Waals surface area contributed by atoms with Crippen molar-refractivity contribution in [2.75, 3.05) is 23.4 Å². The molecule has 2 aromatic heterocycles. The molecule has 2 N–H and O–H groups in total. The zero-order valence-corrected chi connectivity index (χ0v) is 11.7. The number of pyridine rings is 2. The Morgan fingerprint density at radius 2 is 2.19 bits per heavy atom. The van der Waals surface area contributed by atoms with Gasteiger partial charge in [-0.3, -0.25) is 4.79 Å². The summed E-state index contributed by atoms with van der Waals surface area (Å²) < 4.78 is 0. The molecule has 1 amide bonds. The van der Waals surface area contributed by atoms with E-state index in [0.717, 1.165) is 5.56 Å². The van der Waals surface area contributed by atoms with Crippen LogP contribution in [0, 0.1) is 0 Å². The summed E-state index contributed by atoms with van der Waals surface area (Å²) in [5.41, 5.74) is 2.01. The second-order valence-electron chi connectivity index (χ2n) is 4.76. The van der Waals surface area contributed by atoms with Gasteiger partial charge >= 0.3 is 0 Å². The summed E-state index contributed by atoms with van der Waals surface area (Å²) in [5.74, 6) is 1.08. The van der Waals surface area contributed by atoms with E-state index in [0.29, 0.717) is 35.9 Å². The topological polar surface area (TPSA) is 78.4 Å². The van der Waals surface area contributed by atoms with Crippen LogP contribution in [0.1, 0.15) is 22.8 Å². The summed E-state index contributed by atoms with van der Waals surface area (Å²) in [7, 11) is 0. The van der Waals surface area contributed by atoms with E-state index < -0.39 is 0 Å². The van der Waals surface area contributed by atoms with Gasteiger partial charge in [-0.05, 0) is 37.1 Å². The number of fused-ring (bicyclic) bond motifs is 2. The molecule has 0 fully saturated rings. The lowest BCUT2D eigenvalue weighted by molar-refractivity contribution is 0.102. The fraction of sp³-hybridized carbons (Fsp3) is 0.267. The molecule has 1 aliphatic rings. The third-order valence-electron chi connectivity index (χ3n) is 3.43. The van der Waals surface area contributed by atoms with Crippen LogP contribution in [0.5, 0.6) is 0 Å². The van der Waals surface area contributed by atoms with Crippen LogP contribution in [-0.2, 0) is 6.42 Å². The van der Waals surface area contributed by atoms with Gasteiger partial charge in [0.25, 0.3) is 5.91 Å². The molecule has 3 heterocycles. The summed E-state index contributed by atoms with van der Waals surface area (Å²) in [5, 5.41) is 11.9. The Labute approximate surface area is 122 Å². The Kier molecular flexibility index (Phi) is 3.53. The molecule has 0 aliphatic carbocycles. The van der Waals surface area contributed by atoms with Gasteiger partial charge in [-0.1, -0.05) is 0 Å². The van der Waals surface area contributed by atoms with Crippen LogP contribution in [-0.4, -0.2) is 34.1 Å². The maximum atomic E-state index is 12.4. The van der Waals surface area contributed by atoms with Gasteiger partial charge in [0.05, 0.1) is 11.3 Å². The monoisotopic (exact) mass is 284 g/mol. The second kappa shape index (κ2) is 5.49. The number of amides is 1. The summed E-state index contributed by atoms with van der Waals surface area (Å²) in [4.78, 5) is 23.1. The van der Waals surface area contributed by atoms with E-state index in [1.54, 1.807) is 24.5 Å². The molecule has 0 spiro atoms. The van der Waals surface area contributed by atoms with E-state index in [-0.39, 0.29) is 12.5 Å². The number of hydrogen-bond acceptors (Lipinski definition) is 5. The number of aliphatic hydroxyl groups excluding tert-OH is 1. The van der Waals surface area contributed by atoms with Crippen LogP contribution >= 0.6 is 0 Å². The second-order valence-corrected chi connectivity index (χ2v) is 4.76. The Hall–Kier alpha value is -2.47. The smallest absolute Gasteiger partial charge is 0.259 e. The average Bonchev–Trinajstić information content (AvgIpc) is 2.62. The van der Waals surface area contributed by atoms with E-state index in [1.165, 1.54) is 0 Å². The van der Waals surface area contributed by atoms with Crippen LogP contribution in [0.15, 0.2) is 30.6 Å². The number of aliphatic hydroxyl groups is 1. The number of nitrogens with one attached hydrogen (secondary N) is 1. The lowest BCUT2D eigenvalue weighted by Crippen LogP contribution is -2.20. The first-order valence-electron chi connectivity index (χ1n) is 6.88. The van der Waals surface area contributed by atoms with E-state index in [1.807, 2.05) is 17.9 Å². The normalized spacial score (nSPS) is 13.2. The van der Waals surface area contributed by atoms with Gasteiger partial charge in [0.2, 0.25) is 0 Å². The predicted octanol–water partition coefficient (Wildman–Crippen LogP) is 1.74. The molecule has 0 saturated heterocycles. The minimum atomic E-state index is -0.206. The third kappa shape index (κ3) is 2.34. The summed E-state index contributed by atoms with van der Waals surface area (Å²) >= 11 is 0. The molecule has 0 bridgehead atoms. The Morgan fingerprint density at radius 3 is 2.95 bits per heavy atom. The molecule has 0 aromatic carbocycles. The van der Waals surface area contributed by atoms with Crippen LogP contribution in [0.3, 0.4) is 0 Å². The molecular formula is C15H16N4O2. The van der Waals surface area contributed by atoms with Crippen LogP contribution in [0.4, 0.5) is 17.3 Å². The number of anilines is 3. The number of carbonyl (C=O) groups is 1. The van der Waals surface area contributed by atoms with Crippen molar-refractivity contribution in [3.05, 3.63) is 41.7 Å². The summed E-state index contributed by atoms with van der Waals surface area (Å²) in [6.07, 6.45) is 3.86. The molecule has 0 atom stereocenters. The average molecular weight is 284 g/mol. The highest BCUT2D eigenvalue weighted by Gasteiger charge is 2.26. The van der Waals surface area contributed by atoms with Crippen LogP contribution < -0.4 is 10.2 Å². The number of nitrogens with zero attached hydrogens (tertiary/aromatic N) is 3. The van der Waals surface area contributed by atoms with Crippen molar-refractivity contribution in [2.45, 2.75) is 13.3 Å². The van der Waals surface area contributed by atoms with Crippen LogP contribution in [0.25, 0.3) is 0 Å². The summed E-state index contributed by atoms with van der Waals surface area (Å²) in [6.45, 7) is 2.67. The van der Waals surface area contributed by atoms with E-state index in [2.05, 4.69) is 15.3 Å². The summed E-state index contributed by atoms with van der Waals surface area (Å²) in [6, 6.07) is 5.39. The molecule has 108 valence electrons. The van der Waals surface area contributed by atoms with Gasteiger partial charge in [-0.2, -0.15) is 0 Å². The molecule has 1 aliphatic heterocycles. The first-order valence-corrected chi connectivity index (χ1v) is 6.88. The van der Waals surface area contributed by atoms with Crippen LogP contribution in [0.2, 0.25) is 0 Å². The van der Waals surface area contributed by atoms with Crippen molar-refractivity contribution < 1.29 is 9.90 Å². The lowest BCUT2D eigenvalue weighted by Gasteiger charge is -2.21. The first kappa shape index (κ1) is 13.5. The zero-order chi connectivity index (χ0) is 14.8. The van der Waals surface area contributed by atoms with Crippen molar-refractivity contribution >= 4 is 23.2 Å². The SMILES string of the molecule is CCN1c2ncccc2NC(=O)c2cc(CCO)cnc21. The van der Waals surface area contributed by atoms with Crippen molar-refractivity contribution in [2.24, 2.45) is 0 Å². The molecule has 2 aromatic rings. The maximum absolute atomic E-state index is 12.4. The predicted molar refractivity (Wildman–Crippen MR) is 79.9 cm³/mol. The zero-order valence-electron chi connectivity index (χ0n) is 11.7. The maximum Gasteiger partial charge on any atom is 0.259 e. The lowest BCUT2D eigenvalue weighted by atomic mass is 10.1. The van der Waals surface area contributed by atoms with Crippen molar-refractivity contribution in [1.82, 2.24) is 9.97 Å². The van der Waals surface area contributed by atoms with Gasteiger partial charge in [0, 0.05) is 25.5 Å². The fourth-order valence-electron chi connectivity index (χ4n) is 2.45. The fourth-order valence-corrected chi connectivity index (χ4v) is 2.45. The van der Waals surface area contributed by atoms with E-state index in [9.17, 15) is 4.79 Å². The number of carbonyl (C=O) groups excluding carboxylic acids is 1. The highest BCUT2D eigenvalue weighted by atomic mass is 16.3. The third-order valence-corrected chi connectivity index (χ3v) is 3.43. The molecule has 0 unspecified atom stereocenters. The molecule has 3 rings (SSSR count).